The Morgan fingerprint density at radius 1 is 0.326 bits per heavy atom. The Morgan fingerprint density at radius 3 is 0.791 bits per heavy atom. The topological polar surface area (TPSA) is 132 Å². The van der Waals surface area contributed by atoms with E-state index in [-0.39, 0.29) is 32.8 Å². The predicted molar refractivity (Wildman–Crippen MR) is 354 cm³/mol. The third-order valence-corrected chi connectivity index (χ3v) is 16.0. The fourth-order valence-corrected chi connectivity index (χ4v) is 10.8. The van der Waals surface area contributed by atoms with Gasteiger partial charge in [-0.3, -0.25) is 0 Å². The van der Waals surface area contributed by atoms with Crippen molar-refractivity contribution in [3.05, 3.63) is 236 Å². The van der Waals surface area contributed by atoms with Crippen LogP contribution in [0.25, 0.3) is 90.9 Å². The van der Waals surface area contributed by atoms with E-state index in [1.165, 1.54) is 22.3 Å². The summed E-state index contributed by atoms with van der Waals surface area (Å²) in [5.41, 5.74) is 22.2. The maximum atomic E-state index is 11.5. The number of hydrogen-bond acceptors (Lipinski definition) is 4. The molecule has 426 valence electrons. The number of aromatic nitrogens is 4. The van der Waals surface area contributed by atoms with Crippen molar-refractivity contribution in [1.82, 2.24) is 19.9 Å². The summed E-state index contributed by atoms with van der Waals surface area (Å²) in [4.78, 5) is 42.4. The van der Waals surface area contributed by atoms with Crippen LogP contribution in [0.3, 0.4) is 0 Å². The maximum absolute atomic E-state index is 11.5. The molecule has 3 aromatic heterocycles. The number of aromatic carboxylic acids is 2. The normalized spacial score (nSPS) is 12.3. The fourth-order valence-electron chi connectivity index (χ4n) is 10.8. The van der Waals surface area contributed by atoms with Crippen LogP contribution in [0.2, 0.25) is 0 Å². The van der Waals surface area contributed by atoms with Gasteiger partial charge < -0.3 is 20.2 Å². The van der Waals surface area contributed by atoms with Crippen LogP contribution in [0.1, 0.15) is 171 Å². The van der Waals surface area contributed by atoms with Gasteiger partial charge in [0.25, 0.3) is 0 Å². The lowest BCUT2D eigenvalue weighted by molar-refractivity contribution is 0.0686. The van der Waals surface area contributed by atoms with E-state index in [0.717, 1.165) is 112 Å². The molecule has 0 aliphatic carbocycles. The van der Waals surface area contributed by atoms with Gasteiger partial charge in [-0.2, -0.15) is 0 Å². The highest BCUT2D eigenvalue weighted by Gasteiger charge is 2.26. The van der Waals surface area contributed by atoms with Crippen molar-refractivity contribution >= 4 is 58.3 Å². The van der Waals surface area contributed by atoms with Gasteiger partial charge >= 0.3 is 11.9 Å². The second-order valence-corrected chi connectivity index (χ2v) is 26.5. The standard InChI is InChI=1S/C78H70N4O4/c1-75(2,3)57-41-55(42-58(45-57)76(4,5)6)71-65-37-33-61(79-65)69(51-25-17-47(18-26-51)13-15-49-21-29-53(30-22-49)73(83)84)63-35-39-67(81-63)72(56-43-59(77(7,8)9)46-60(44-56)78(10,11)12)68-40-36-64(82-68)70(62-34-38-66(71)80-62)52-27-19-48(20-28-52)14-16-50-23-31-54(32-24-50)74(85)86/h17-46,79,82H,1-12H3,(H,83,84)(H,85,86). The number of rotatable bonds is 6. The molecule has 2 aliphatic rings. The molecule has 0 saturated heterocycles. The summed E-state index contributed by atoms with van der Waals surface area (Å²) in [6.45, 7) is 27.2. The minimum atomic E-state index is -0.976. The van der Waals surface area contributed by atoms with E-state index in [4.69, 9.17) is 9.97 Å². The van der Waals surface area contributed by atoms with Crippen LogP contribution in [-0.4, -0.2) is 42.1 Å². The molecule has 8 heteroatoms. The van der Waals surface area contributed by atoms with E-state index in [0.29, 0.717) is 0 Å². The molecule has 6 aromatic carbocycles. The third kappa shape index (κ3) is 12.2. The fraction of sp³-hybridized carbons (Fsp3) is 0.205. The predicted octanol–water partition coefficient (Wildman–Crippen LogP) is 18.7. The van der Waals surface area contributed by atoms with Crippen molar-refractivity contribution in [2.75, 3.05) is 0 Å². The quantitative estimate of drug-likeness (QED) is 0.123. The molecular weight excluding hydrogens is 1060 g/mol. The first-order valence-electron chi connectivity index (χ1n) is 29.1. The number of aromatic amines is 2. The molecule has 0 amide bonds. The van der Waals surface area contributed by atoms with Gasteiger partial charge in [0.1, 0.15) is 0 Å². The van der Waals surface area contributed by atoms with Crippen LogP contribution < -0.4 is 0 Å². The van der Waals surface area contributed by atoms with Crippen LogP contribution in [0.4, 0.5) is 0 Å². The van der Waals surface area contributed by atoms with Crippen molar-refractivity contribution in [3.8, 4) is 68.2 Å². The molecular formula is C78H70N4O4. The van der Waals surface area contributed by atoms with Crippen molar-refractivity contribution in [2.45, 2.75) is 105 Å². The first-order valence-corrected chi connectivity index (χ1v) is 29.1. The molecule has 0 saturated carbocycles. The zero-order chi connectivity index (χ0) is 61.0. The molecule has 0 atom stereocenters. The minimum Gasteiger partial charge on any atom is -0.478 e. The van der Waals surface area contributed by atoms with Gasteiger partial charge in [0.15, 0.2) is 0 Å². The molecule has 8 bridgehead atoms. The number of hydrogen-bond donors (Lipinski definition) is 4. The van der Waals surface area contributed by atoms with Crippen LogP contribution in [0, 0.1) is 23.7 Å². The molecule has 11 rings (SSSR count). The molecule has 0 unspecified atom stereocenters. The van der Waals surface area contributed by atoms with Crippen molar-refractivity contribution in [3.63, 3.8) is 0 Å². The van der Waals surface area contributed by atoms with Gasteiger partial charge in [-0.25, -0.2) is 19.6 Å². The summed E-state index contributed by atoms with van der Waals surface area (Å²) in [5.74, 6) is 11.1. The van der Waals surface area contributed by atoms with Gasteiger partial charge in [-0.05, 0) is 188 Å². The molecule has 2 aliphatic heterocycles. The van der Waals surface area contributed by atoms with Crippen LogP contribution >= 0.6 is 0 Å². The number of carboxylic acids is 2. The van der Waals surface area contributed by atoms with Crippen LogP contribution in [0.5, 0.6) is 0 Å². The highest BCUT2D eigenvalue weighted by molar-refractivity contribution is 6.00. The van der Waals surface area contributed by atoms with E-state index < -0.39 is 11.9 Å². The van der Waals surface area contributed by atoms with Gasteiger partial charge in [0.05, 0.1) is 33.9 Å². The summed E-state index contributed by atoms with van der Waals surface area (Å²) in [6.07, 6.45) is 8.54. The Kier molecular flexibility index (Phi) is 14.9. The van der Waals surface area contributed by atoms with Gasteiger partial charge in [0.2, 0.25) is 0 Å². The largest absolute Gasteiger partial charge is 0.478 e. The van der Waals surface area contributed by atoms with E-state index in [1.807, 2.05) is 24.3 Å². The Bertz CT molecular complexity index is 4210. The number of benzene rings is 6. The van der Waals surface area contributed by atoms with E-state index in [2.05, 4.69) is 226 Å². The first-order chi connectivity index (χ1) is 40.7. The highest BCUT2D eigenvalue weighted by Crippen LogP contribution is 2.42. The Hall–Kier alpha value is -10.0. The average Bonchev–Trinajstić information content (AvgIpc) is 1.77. The Balaban J connectivity index is 1.22. The Morgan fingerprint density at radius 2 is 0.558 bits per heavy atom. The lowest BCUT2D eigenvalue weighted by Crippen LogP contribution is -2.16. The maximum Gasteiger partial charge on any atom is 0.335 e. The molecule has 0 spiro atoms. The number of nitrogens with one attached hydrogen (secondary N) is 2. The summed E-state index contributed by atoms with van der Waals surface area (Å²) >= 11 is 0. The first kappa shape index (κ1) is 57.8. The monoisotopic (exact) mass is 1130 g/mol. The second kappa shape index (κ2) is 22.2. The van der Waals surface area contributed by atoms with Gasteiger partial charge in [0, 0.05) is 66.6 Å². The SMILES string of the molecule is CC(C)(C)c1cc(-c2c3nc(c(-c4ccc(C#Cc5ccc(C(=O)O)cc5)cc4)c4ccc([nH]4)c(-c4cc(C(C)(C)C)cc(C(C)(C)C)c4)c4nc(c(-c5ccc(C#Cc6ccc(C(=O)O)cc6)cc5)c5ccc2[nH]5)C=C4)C=C3)cc(C(C)(C)C)c1. The molecule has 0 fully saturated rings. The van der Waals surface area contributed by atoms with E-state index in [9.17, 15) is 19.8 Å². The number of fused-ring (bicyclic) bond motifs is 8. The van der Waals surface area contributed by atoms with Gasteiger partial charge in [-0.1, -0.05) is 167 Å². The number of nitrogens with zero attached hydrogens (tertiary/aromatic N) is 2. The smallest absolute Gasteiger partial charge is 0.335 e. The summed E-state index contributed by atoms with van der Waals surface area (Å²) in [5, 5.41) is 18.9. The molecule has 0 radical (unpaired) electrons. The second-order valence-electron chi connectivity index (χ2n) is 26.5. The minimum absolute atomic E-state index is 0.157. The summed E-state index contributed by atoms with van der Waals surface area (Å²) in [7, 11) is 0. The van der Waals surface area contributed by atoms with Crippen LogP contribution in [-0.2, 0) is 21.7 Å². The summed E-state index contributed by atoms with van der Waals surface area (Å²) < 4.78 is 0. The lowest BCUT2D eigenvalue weighted by Gasteiger charge is -2.26. The number of carbonyl (C=O) groups is 2. The van der Waals surface area contributed by atoms with Gasteiger partial charge in [-0.15, -0.1) is 0 Å². The Labute approximate surface area is 504 Å². The van der Waals surface area contributed by atoms with E-state index in [1.54, 1.807) is 48.5 Å². The average molecular weight is 1130 g/mol. The molecule has 4 N–H and O–H groups in total. The van der Waals surface area contributed by atoms with Crippen molar-refractivity contribution in [1.29, 1.82) is 0 Å². The van der Waals surface area contributed by atoms with E-state index >= 15 is 0 Å². The highest BCUT2D eigenvalue weighted by atomic mass is 16.4. The third-order valence-electron chi connectivity index (χ3n) is 16.0. The molecule has 9 aromatic rings. The number of H-pyrrole nitrogens is 2. The lowest BCUT2D eigenvalue weighted by atomic mass is 9.78. The summed E-state index contributed by atoms with van der Waals surface area (Å²) in [6, 6.07) is 52.4. The van der Waals surface area contributed by atoms with Crippen molar-refractivity contribution < 1.29 is 19.8 Å². The molecule has 5 heterocycles. The number of carboxylic acid groups (broad SMARTS) is 2. The van der Waals surface area contributed by atoms with Crippen molar-refractivity contribution in [2.24, 2.45) is 0 Å². The zero-order valence-corrected chi connectivity index (χ0v) is 50.9. The zero-order valence-electron chi connectivity index (χ0n) is 50.9. The van der Waals surface area contributed by atoms with Crippen LogP contribution in [0.15, 0.2) is 158 Å². The molecule has 86 heavy (non-hydrogen) atoms. The molecule has 8 nitrogen and oxygen atoms in total.